The molecule has 1 aromatic heterocycles. The van der Waals surface area contributed by atoms with Crippen LogP contribution in [0.3, 0.4) is 0 Å². The molecule has 3 unspecified atom stereocenters. The molecule has 0 aromatic carbocycles. The van der Waals surface area contributed by atoms with Crippen molar-refractivity contribution in [1.82, 2.24) is 10.4 Å². The first-order chi connectivity index (χ1) is 9.72. The summed E-state index contributed by atoms with van der Waals surface area (Å²) in [7, 11) is 0. The molecule has 3 N–H and O–H groups in total. The van der Waals surface area contributed by atoms with Crippen LogP contribution in [-0.4, -0.2) is 28.7 Å². The van der Waals surface area contributed by atoms with Gasteiger partial charge in [0.15, 0.2) is 0 Å². The standard InChI is InChI=1S/C15H23N3OS/c1-11-6-13(9-17-8-11)14(18-16)12-2-4-19-15(7-12)3-5-20-10-15/h6,8-9,12,14,18H,2-5,7,10,16H2,1H3. The Morgan fingerprint density at radius 1 is 1.55 bits per heavy atom. The van der Waals surface area contributed by atoms with E-state index in [0.717, 1.165) is 25.2 Å². The second kappa shape index (κ2) is 6.02. The number of hydrogen-bond donors (Lipinski definition) is 2. The molecule has 1 aromatic rings. The highest BCUT2D eigenvalue weighted by Gasteiger charge is 2.42. The minimum Gasteiger partial charge on any atom is -0.374 e. The predicted octanol–water partition coefficient (Wildman–Crippen LogP) is 2.20. The van der Waals surface area contributed by atoms with E-state index in [1.807, 2.05) is 24.2 Å². The van der Waals surface area contributed by atoms with Crippen LogP contribution in [0.25, 0.3) is 0 Å². The fraction of sp³-hybridized carbons (Fsp3) is 0.667. The molecule has 1 spiro atoms. The lowest BCUT2D eigenvalue weighted by Gasteiger charge is -2.40. The Kier molecular flexibility index (Phi) is 4.31. The molecule has 2 aliphatic heterocycles. The first-order valence-corrected chi connectivity index (χ1v) is 8.47. The quantitative estimate of drug-likeness (QED) is 0.661. The number of nitrogens with two attached hydrogens (primary N) is 1. The molecule has 5 heteroatoms. The Morgan fingerprint density at radius 2 is 2.45 bits per heavy atom. The maximum absolute atomic E-state index is 6.11. The molecule has 0 radical (unpaired) electrons. The van der Waals surface area contributed by atoms with Gasteiger partial charge in [0, 0.05) is 24.8 Å². The molecular weight excluding hydrogens is 270 g/mol. The molecule has 110 valence electrons. The lowest BCUT2D eigenvalue weighted by Crippen LogP contribution is -2.45. The fourth-order valence-electron chi connectivity index (χ4n) is 3.47. The molecule has 20 heavy (non-hydrogen) atoms. The number of hydrogen-bond acceptors (Lipinski definition) is 5. The van der Waals surface area contributed by atoms with E-state index < -0.39 is 0 Å². The normalized spacial score (nSPS) is 31.6. The van der Waals surface area contributed by atoms with Gasteiger partial charge in [0.2, 0.25) is 0 Å². The summed E-state index contributed by atoms with van der Waals surface area (Å²) in [6.45, 7) is 2.92. The molecule has 3 heterocycles. The van der Waals surface area contributed by atoms with E-state index in [-0.39, 0.29) is 11.6 Å². The maximum atomic E-state index is 6.11. The van der Waals surface area contributed by atoms with Gasteiger partial charge < -0.3 is 4.74 Å². The van der Waals surface area contributed by atoms with Crippen molar-refractivity contribution in [2.24, 2.45) is 11.8 Å². The molecule has 2 aliphatic rings. The first kappa shape index (κ1) is 14.3. The molecule has 3 rings (SSSR count). The number of rotatable bonds is 3. The second-order valence-corrected chi connectivity index (χ2v) is 7.13. The molecule has 2 fully saturated rings. The summed E-state index contributed by atoms with van der Waals surface area (Å²) in [4.78, 5) is 4.31. The van der Waals surface area contributed by atoms with Gasteiger partial charge in [-0.05, 0) is 49.0 Å². The van der Waals surface area contributed by atoms with Gasteiger partial charge in [-0.1, -0.05) is 6.07 Å². The molecule has 2 saturated heterocycles. The van der Waals surface area contributed by atoms with Crippen LogP contribution in [0, 0.1) is 12.8 Å². The Morgan fingerprint density at radius 3 is 3.15 bits per heavy atom. The van der Waals surface area contributed by atoms with Gasteiger partial charge in [-0.3, -0.25) is 16.3 Å². The molecule has 3 atom stereocenters. The number of nitrogens with one attached hydrogen (secondary N) is 1. The molecule has 0 saturated carbocycles. The second-order valence-electron chi connectivity index (χ2n) is 6.03. The largest absolute Gasteiger partial charge is 0.374 e. The number of pyridine rings is 1. The van der Waals surface area contributed by atoms with Gasteiger partial charge in [0.1, 0.15) is 0 Å². The predicted molar refractivity (Wildman–Crippen MR) is 82.4 cm³/mol. The monoisotopic (exact) mass is 293 g/mol. The minimum absolute atomic E-state index is 0.0972. The van der Waals surface area contributed by atoms with Crippen LogP contribution >= 0.6 is 11.8 Å². The van der Waals surface area contributed by atoms with Gasteiger partial charge in [-0.25, -0.2) is 0 Å². The third-order valence-corrected chi connectivity index (χ3v) is 5.73. The van der Waals surface area contributed by atoms with Crippen LogP contribution in [0.1, 0.15) is 36.4 Å². The van der Waals surface area contributed by atoms with E-state index in [9.17, 15) is 0 Å². The van der Waals surface area contributed by atoms with E-state index >= 15 is 0 Å². The summed E-state index contributed by atoms with van der Waals surface area (Å²) in [5, 5.41) is 0. The number of ether oxygens (including phenoxy) is 1. The Hall–Kier alpha value is -0.620. The lowest BCUT2D eigenvalue weighted by molar-refractivity contribution is -0.0854. The number of thioether (sulfide) groups is 1. The van der Waals surface area contributed by atoms with Crippen LogP contribution in [0.4, 0.5) is 0 Å². The van der Waals surface area contributed by atoms with Crippen molar-refractivity contribution in [1.29, 1.82) is 0 Å². The Balaban J connectivity index is 1.78. The molecule has 4 nitrogen and oxygen atoms in total. The van der Waals surface area contributed by atoms with E-state index in [1.54, 1.807) is 0 Å². The highest BCUT2D eigenvalue weighted by molar-refractivity contribution is 7.99. The number of aromatic nitrogens is 1. The average Bonchev–Trinajstić information content (AvgIpc) is 2.88. The van der Waals surface area contributed by atoms with Crippen molar-refractivity contribution < 1.29 is 4.74 Å². The van der Waals surface area contributed by atoms with Crippen LogP contribution in [0.15, 0.2) is 18.5 Å². The van der Waals surface area contributed by atoms with Crippen molar-refractivity contribution in [2.45, 2.75) is 37.8 Å². The van der Waals surface area contributed by atoms with Crippen LogP contribution in [0.2, 0.25) is 0 Å². The Labute approximate surface area is 124 Å². The zero-order valence-electron chi connectivity index (χ0n) is 12.0. The first-order valence-electron chi connectivity index (χ1n) is 7.32. The van der Waals surface area contributed by atoms with Crippen molar-refractivity contribution in [3.8, 4) is 0 Å². The fourth-order valence-corrected chi connectivity index (χ4v) is 4.84. The van der Waals surface area contributed by atoms with Crippen LogP contribution in [-0.2, 0) is 4.74 Å². The van der Waals surface area contributed by atoms with E-state index in [4.69, 9.17) is 10.6 Å². The minimum atomic E-state index is 0.0972. The maximum Gasteiger partial charge on any atom is 0.0783 e. The molecular formula is C15H23N3OS. The summed E-state index contributed by atoms with van der Waals surface area (Å²) < 4.78 is 6.11. The van der Waals surface area contributed by atoms with Gasteiger partial charge in [-0.15, -0.1) is 0 Å². The molecule has 0 aliphatic carbocycles. The summed E-state index contributed by atoms with van der Waals surface area (Å²) in [5.74, 6) is 8.73. The van der Waals surface area contributed by atoms with Gasteiger partial charge in [-0.2, -0.15) is 11.8 Å². The third-order valence-electron chi connectivity index (χ3n) is 4.50. The summed E-state index contributed by atoms with van der Waals surface area (Å²) >= 11 is 2.01. The summed E-state index contributed by atoms with van der Waals surface area (Å²) in [5.41, 5.74) is 5.49. The van der Waals surface area contributed by atoms with Crippen molar-refractivity contribution in [2.75, 3.05) is 18.1 Å². The van der Waals surface area contributed by atoms with E-state index in [0.29, 0.717) is 5.92 Å². The van der Waals surface area contributed by atoms with Crippen LogP contribution in [0.5, 0.6) is 0 Å². The van der Waals surface area contributed by atoms with Crippen molar-refractivity contribution >= 4 is 11.8 Å². The molecule has 0 amide bonds. The topological polar surface area (TPSA) is 60.2 Å². The van der Waals surface area contributed by atoms with E-state index in [2.05, 4.69) is 23.4 Å². The molecule has 0 bridgehead atoms. The SMILES string of the molecule is Cc1cncc(C(NN)C2CCOC3(CCSC3)C2)c1. The summed E-state index contributed by atoms with van der Waals surface area (Å²) in [6, 6.07) is 2.36. The lowest BCUT2D eigenvalue weighted by atomic mass is 9.79. The average molecular weight is 293 g/mol. The Bertz CT molecular complexity index is 462. The highest BCUT2D eigenvalue weighted by atomic mass is 32.2. The van der Waals surface area contributed by atoms with E-state index in [1.165, 1.54) is 23.3 Å². The highest BCUT2D eigenvalue weighted by Crippen LogP contribution is 2.43. The number of hydrazine groups is 1. The number of aryl methyl sites for hydroxylation is 1. The zero-order chi connectivity index (χ0) is 14.0. The number of nitrogens with zero attached hydrogens (tertiary/aromatic N) is 1. The third kappa shape index (κ3) is 2.86. The van der Waals surface area contributed by atoms with Crippen molar-refractivity contribution in [3.05, 3.63) is 29.6 Å². The smallest absolute Gasteiger partial charge is 0.0783 e. The van der Waals surface area contributed by atoms with Gasteiger partial charge >= 0.3 is 0 Å². The van der Waals surface area contributed by atoms with Gasteiger partial charge in [0.05, 0.1) is 11.6 Å². The summed E-state index contributed by atoms with van der Waals surface area (Å²) in [6.07, 6.45) is 7.16. The van der Waals surface area contributed by atoms with Crippen LogP contribution < -0.4 is 11.3 Å². The van der Waals surface area contributed by atoms with Crippen molar-refractivity contribution in [3.63, 3.8) is 0 Å². The zero-order valence-corrected chi connectivity index (χ0v) is 12.8. The van der Waals surface area contributed by atoms with Gasteiger partial charge in [0.25, 0.3) is 0 Å².